The lowest BCUT2D eigenvalue weighted by atomic mass is 9.64. The normalized spacial score (nSPS) is 31.3. The van der Waals surface area contributed by atoms with Crippen molar-refractivity contribution in [3.63, 3.8) is 0 Å². The predicted molar refractivity (Wildman–Crippen MR) is 96.4 cm³/mol. The minimum Gasteiger partial charge on any atom is -0.205 e. The lowest BCUT2D eigenvalue weighted by Gasteiger charge is -2.41. The molecule has 0 amide bonds. The van der Waals surface area contributed by atoms with Crippen LogP contribution in [-0.2, 0) is 0 Å². The van der Waals surface area contributed by atoms with Gasteiger partial charge < -0.3 is 0 Å². The van der Waals surface area contributed by atoms with Gasteiger partial charge in [0.2, 0.25) is 0 Å². The minimum absolute atomic E-state index is 0.238. The van der Waals surface area contributed by atoms with Crippen LogP contribution in [-0.4, -0.2) is 0 Å². The molecule has 4 atom stereocenters. The van der Waals surface area contributed by atoms with Crippen molar-refractivity contribution >= 4 is 11.6 Å². The first-order valence-corrected chi connectivity index (χ1v) is 9.66. The number of fused-ring (bicyclic) bond motifs is 1. The van der Waals surface area contributed by atoms with Gasteiger partial charge >= 0.3 is 0 Å². The van der Waals surface area contributed by atoms with Crippen LogP contribution in [0.15, 0.2) is 30.4 Å². The fourth-order valence-corrected chi connectivity index (χ4v) is 4.74. The molecule has 1 aromatic carbocycles. The molecule has 0 N–H and O–H groups in total. The Morgan fingerprint density at radius 3 is 2.70 bits per heavy atom. The smallest absolute Gasteiger partial charge is 0.142 e. The second-order valence-electron chi connectivity index (χ2n) is 7.49. The van der Waals surface area contributed by atoms with Crippen LogP contribution < -0.4 is 0 Å². The summed E-state index contributed by atoms with van der Waals surface area (Å²) in [5, 5.41) is 0.238. The van der Waals surface area contributed by atoms with Crippen molar-refractivity contribution in [2.45, 2.75) is 64.2 Å². The van der Waals surface area contributed by atoms with Crippen LogP contribution in [0.2, 0.25) is 5.02 Å². The van der Waals surface area contributed by atoms with Gasteiger partial charge in [-0.2, -0.15) is 0 Å². The third-order valence-electron chi connectivity index (χ3n) is 5.93. The second kappa shape index (κ2) is 7.83. The van der Waals surface area contributed by atoms with E-state index in [1.165, 1.54) is 51.4 Å². The third-order valence-corrected chi connectivity index (χ3v) is 6.24. The van der Waals surface area contributed by atoms with Crippen molar-refractivity contribution in [3.05, 3.63) is 46.8 Å². The summed E-state index contributed by atoms with van der Waals surface area (Å²) >= 11 is 5.82. The number of allylic oxidation sites excluding steroid dienone is 2. The number of hydrogen-bond acceptors (Lipinski definition) is 0. The van der Waals surface area contributed by atoms with E-state index in [-0.39, 0.29) is 10.8 Å². The zero-order valence-electron chi connectivity index (χ0n) is 14.1. The highest BCUT2D eigenvalue weighted by Crippen LogP contribution is 2.48. The fourth-order valence-electron chi connectivity index (χ4n) is 4.62. The van der Waals surface area contributed by atoms with Gasteiger partial charge in [-0.25, -0.2) is 4.39 Å². The second-order valence-corrected chi connectivity index (χ2v) is 7.90. The summed E-state index contributed by atoms with van der Waals surface area (Å²) in [6.45, 7) is 2.24. The monoisotopic (exact) mass is 334 g/mol. The van der Waals surface area contributed by atoms with Crippen molar-refractivity contribution in [1.29, 1.82) is 0 Å². The lowest BCUT2D eigenvalue weighted by molar-refractivity contribution is 0.133. The Kier molecular flexibility index (Phi) is 5.80. The molecule has 2 aliphatic carbocycles. The zero-order chi connectivity index (χ0) is 16.2. The molecule has 0 aliphatic heterocycles. The summed E-state index contributed by atoms with van der Waals surface area (Å²) in [6.07, 6.45) is 15.1. The van der Waals surface area contributed by atoms with Gasteiger partial charge in [-0.1, -0.05) is 43.2 Å². The molecule has 0 spiro atoms. The average molecular weight is 335 g/mol. The highest BCUT2D eigenvalue weighted by atomic mass is 35.5. The SMILES string of the molecule is CCC/C=C/C1CCC2CC(c3ccc(Cl)c(F)c3)CCC2C1. The van der Waals surface area contributed by atoms with Gasteiger partial charge in [0.05, 0.1) is 5.02 Å². The number of halogens is 2. The van der Waals surface area contributed by atoms with Crippen LogP contribution >= 0.6 is 11.6 Å². The van der Waals surface area contributed by atoms with E-state index in [2.05, 4.69) is 19.1 Å². The molecule has 0 bridgehead atoms. The van der Waals surface area contributed by atoms with Gasteiger partial charge in [-0.15, -0.1) is 0 Å². The van der Waals surface area contributed by atoms with Crippen LogP contribution in [0.4, 0.5) is 4.39 Å². The molecule has 4 unspecified atom stereocenters. The first kappa shape index (κ1) is 17.0. The van der Waals surface area contributed by atoms with Crippen LogP contribution in [0, 0.1) is 23.6 Å². The van der Waals surface area contributed by atoms with E-state index < -0.39 is 0 Å². The highest BCUT2D eigenvalue weighted by Gasteiger charge is 2.35. The molecule has 2 fully saturated rings. The molecule has 0 nitrogen and oxygen atoms in total. The molecule has 23 heavy (non-hydrogen) atoms. The molecule has 2 saturated carbocycles. The lowest BCUT2D eigenvalue weighted by Crippen LogP contribution is -2.30. The van der Waals surface area contributed by atoms with E-state index in [0.29, 0.717) is 5.92 Å². The molecule has 2 heteroatoms. The molecular weight excluding hydrogens is 307 g/mol. The Morgan fingerprint density at radius 1 is 1.13 bits per heavy atom. The summed E-state index contributed by atoms with van der Waals surface area (Å²) in [5.41, 5.74) is 1.15. The minimum atomic E-state index is -0.268. The first-order chi connectivity index (χ1) is 11.2. The first-order valence-electron chi connectivity index (χ1n) is 9.29. The van der Waals surface area contributed by atoms with E-state index in [1.807, 2.05) is 6.07 Å². The van der Waals surface area contributed by atoms with Gasteiger partial charge in [0.25, 0.3) is 0 Å². The molecule has 0 heterocycles. The summed E-state index contributed by atoms with van der Waals surface area (Å²) in [5.74, 6) is 2.77. The van der Waals surface area contributed by atoms with Gasteiger partial charge in [0.15, 0.2) is 0 Å². The molecule has 2 aliphatic rings. The third kappa shape index (κ3) is 4.18. The summed E-state index contributed by atoms with van der Waals surface area (Å²) < 4.78 is 13.7. The van der Waals surface area contributed by atoms with Gasteiger partial charge in [-0.3, -0.25) is 0 Å². The molecule has 3 rings (SSSR count). The van der Waals surface area contributed by atoms with Gasteiger partial charge in [-0.05, 0) is 86.3 Å². The Balaban J connectivity index is 1.59. The molecule has 1 aromatic rings. The van der Waals surface area contributed by atoms with E-state index in [1.54, 1.807) is 12.1 Å². The summed E-state index contributed by atoms with van der Waals surface area (Å²) in [7, 11) is 0. The quantitative estimate of drug-likeness (QED) is 0.513. The molecular formula is C21H28ClF. The van der Waals surface area contributed by atoms with E-state index in [0.717, 1.165) is 23.3 Å². The van der Waals surface area contributed by atoms with E-state index in [9.17, 15) is 4.39 Å². The van der Waals surface area contributed by atoms with E-state index >= 15 is 0 Å². The van der Waals surface area contributed by atoms with Crippen molar-refractivity contribution in [2.75, 3.05) is 0 Å². The Hall–Kier alpha value is -0.820. The van der Waals surface area contributed by atoms with Crippen molar-refractivity contribution < 1.29 is 4.39 Å². The number of unbranched alkanes of at least 4 members (excludes halogenated alkanes) is 1. The van der Waals surface area contributed by atoms with Crippen LogP contribution in [0.5, 0.6) is 0 Å². The maximum Gasteiger partial charge on any atom is 0.142 e. The van der Waals surface area contributed by atoms with Gasteiger partial charge in [0, 0.05) is 0 Å². The maximum atomic E-state index is 13.7. The highest BCUT2D eigenvalue weighted by molar-refractivity contribution is 6.30. The molecule has 126 valence electrons. The van der Waals surface area contributed by atoms with Crippen molar-refractivity contribution in [2.24, 2.45) is 17.8 Å². The van der Waals surface area contributed by atoms with E-state index in [4.69, 9.17) is 11.6 Å². The number of rotatable bonds is 4. The Bertz CT molecular complexity index is 551. The summed E-state index contributed by atoms with van der Waals surface area (Å²) in [6, 6.07) is 5.40. The van der Waals surface area contributed by atoms with Gasteiger partial charge in [0.1, 0.15) is 5.82 Å². The largest absolute Gasteiger partial charge is 0.205 e. The number of hydrogen-bond donors (Lipinski definition) is 0. The summed E-state index contributed by atoms with van der Waals surface area (Å²) in [4.78, 5) is 0. The predicted octanol–water partition coefficient (Wildman–Crippen LogP) is 7.14. The molecule has 0 radical (unpaired) electrons. The topological polar surface area (TPSA) is 0 Å². The van der Waals surface area contributed by atoms with Crippen LogP contribution in [0.3, 0.4) is 0 Å². The Morgan fingerprint density at radius 2 is 1.91 bits per heavy atom. The van der Waals surface area contributed by atoms with Crippen molar-refractivity contribution in [1.82, 2.24) is 0 Å². The standard InChI is InChI=1S/C21H28ClF/c1-2-3-4-5-15-6-7-17-13-18(9-8-16(17)12-15)19-10-11-20(22)21(23)14-19/h4-5,10-11,14-18H,2-3,6-9,12-13H2,1H3/b5-4+. The average Bonchev–Trinajstić information content (AvgIpc) is 2.57. The van der Waals surface area contributed by atoms with Crippen LogP contribution in [0.1, 0.15) is 69.8 Å². The maximum absolute atomic E-state index is 13.7. The molecule has 0 saturated heterocycles. The zero-order valence-corrected chi connectivity index (χ0v) is 14.9. The Labute approximate surface area is 145 Å². The number of benzene rings is 1. The fraction of sp³-hybridized carbons (Fsp3) is 0.619. The van der Waals surface area contributed by atoms with Crippen molar-refractivity contribution in [3.8, 4) is 0 Å². The van der Waals surface area contributed by atoms with Crippen LogP contribution in [0.25, 0.3) is 0 Å². The molecule has 0 aromatic heterocycles.